The standard InChI is InChI=1S/C15H12O/c1-9-10(2)15(16)13-8-4-6-11-5-3-7-12(9)14(11)13/h3-8H,1-2H3. The molecule has 0 bridgehead atoms. The fraction of sp³-hybridized carbons (Fsp3) is 0.133. The molecule has 0 spiro atoms. The highest BCUT2D eigenvalue weighted by Gasteiger charge is 2.21. The van der Waals surface area contributed by atoms with Gasteiger partial charge in [-0.3, -0.25) is 4.79 Å². The minimum absolute atomic E-state index is 0.168. The summed E-state index contributed by atoms with van der Waals surface area (Å²) < 4.78 is 0. The maximum absolute atomic E-state index is 12.2. The third-order valence-electron chi connectivity index (χ3n) is 3.46. The van der Waals surface area contributed by atoms with E-state index in [1.807, 2.05) is 32.0 Å². The van der Waals surface area contributed by atoms with Gasteiger partial charge >= 0.3 is 0 Å². The molecule has 0 aromatic heterocycles. The van der Waals surface area contributed by atoms with Crippen LogP contribution >= 0.6 is 0 Å². The second kappa shape index (κ2) is 3.05. The van der Waals surface area contributed by atoms with E-state index in [2.05, 4.69) is 18.2 Å². The Morgan fingerprint density at radius 2 is 1.44 bits per heavy atom. The molecular formula is C15H12O. The van der Waals surface area contributed by atoms with E-state index < -0.39 is 0 Å². The van der Waals surface area contributed by atoms with Crippen molar-refractivity contribution in [2.24, 2.45) is 0 Å². The van der Waals surface area contributed by atoms with Crippen LogP contribution in [0.2, 0.25) is 0 Å². The van der Waals surface area contributed by atoms with E-state index in [4.69, 9.17) is 0 Å². The zero-order valence-corrected chi connectivity index (χ0v) is 9.37. The predicted molar refractivity (Wildman–Crippen MR) is 66.5 cm³/mol. The lowest BCUT2D eigenvalue weighted by Crippen LogP contribution is -2.09. The molecule has 1 aliphatic carbocycles. The van der Waals surface area contributed by atoms with Crippen molar-refractivity contribution in [3.8, 4) is 0 Å². The summed E-state index contributed by atoms with van der Waals surface area (Å²) in [5, 5.41) is 2.26. The fourth-order valence-corrected chi connectivity index (χ4v) is 2.42. The van der Waals surface area contributed by atoms with Gasteiger partial charge in [0.05, 0.1) is 0 Å². The van der Waals surface area contributed by atoms with Gasteiger partial charge in [-0.1, -0.05) is 36.4 Å². The van der Waals surface area contributed by atoms with E-state index in [0.29, 0.717) is 0 Å². The summed E-state index contributed by atoms with van der Waals surface area (Å²) >= 11 is 0. The number of allylic oxidation sites excluding steroid dienone is 2. The Hall–Kier alpha value is -1.89. The molecule has 0 atom stereocenters. The molecule has 0 radical (unpaired) electrons. The highest BCUT2D eigenvalue weighted by Crippen LogP contribution is 2.35. The maximum Gasteiger partial charge on any atom is 0.189 e. The molecule has 1 heteroatoms. The molecule has 1 nitrogen and oxygen atoms in total. The van der Waals surface area contributed by atoms with Gasteiger partial charge < -0.3 is 0 Å². The molecule has 0 amide bonds. The molecule has 0 N–H and O–H groups in total. The number of hydrogen-bond donors (Lipinski definition) is 0. The summed E-state index contributed by atoms with van der Waals surface area (Å²) in [5.41, 5.74) is 4.02. The third kappa shape index (κ3) is 1.03. The summed E-state index contributed by atoms with van der Waals surface area (Å²) in [7, 11) is 0. The number of ketones is 1. The summed E-state index contributed by atoms with van der Waals surface area (Å²) in [5.74, 6) is 0.168. The second-order valence-corrected chi connectivity index (χ2v) is 4.29. The van der Waals surface area contributed by atoms with Crippen LogP contribution in [0.4, 0.5) is 0 Å². The largest absolute Gasteiger partial charge is 0.289 e. The van der Waals surface area contributed by atoms with Gasteiger partial charge in [-0.2, -0.15) is 0 Å². The average Bonchev–Trinajstić information content (AvgIpc) is 2.33. The zero-order chi connectivity index (χ0) is 11.3. The molecule has 78 valence electrons. The van der Waals surface area contributed by atoms with Gasteiger partial charge in [-0.05, 0) is 30.4 Å². The first-order chi connectivity index (χ1) is 7.70. The maximum atomic E-state index is 12.2. The molecule has 0 heterocycles. The van der Waals surface area contributed by atoms with Crippen LogP contribution < -0.4 is 0 Å². The summed E-state index contributed by atoms with van der Waals surface area (Å²) in [4.78, 5) is 12.2. The van der Waals surface area contributed by atoms with Crippen LogP contribution in [0.1, 0.15) is 29.8 Å². The van der Waals surface area contributed by atoms with Gasteiger partial charge in [-0.15, -0.1) is 0 Å². The first-order valence-corrected chi connectivity index (χ1v) is 5.44. The Bertz CT molecular complexity index is 642. The minimum Gasteiger partial charge on any atom is -0.289 e. The second-order valence-electron chi connectivity index (χ2n) is 4.29. The van der Waals surface area contributed by atoms with Crippen LogP contribution in [-0.2, 0) is 0 Å². The Morgan fingerprint density at radius 3 is 2.12 bits per heavy atom. The molecule has 3 rings (SSSR count). The Kier molecular flexibility index (Phi) is 1.78. The molecule has 0 fully saturated rings. The quantitative estimate of drug-likeness (QED) is 0.643. The molecule has 0 unspecified atom stereocenters. The molecule has 0 aliphatic heterocycles. The molecule has 0 saturated heterocycles. The number of rotatable bonds is 0. The summed E-state index contributed by atoms with van der Waals surface area (Å²) in [6.07, 6.45) is 0. The number of carbonyl (C=O) groups excluding carboxylic acids is 1. The van der Waals surface area contributed by atoms with Crippen LogP contribution in [0.5, 0.6) is 0 Å². The molecular weight excluding hydrogens is 196 g/mol. The van der Waals surface area contributed by atoms with Crippen molar-refractivity contribution in [1.82, 2.24) is 0 Å². The van der Waals surface area contributed by atoms with Gasteiger partial charge in [0.25, 0.3) is 0 Å². The van der Waals surface area contributed by atoms with E-state index in [0.717, 1.165) is 27.5 Å². The smallest absolute Gasteiger partial charge is 0.189 e. The van der Waals surface area contributed by atoms with Crippen molar-refractivity contribution in [1.29, 1.82) is 0 Å². The van der Waals surface area contributed by atoms with Gasteiger partial charge in [-0.25, -0.2) is 0 Å². The predicted octanol–water partition coefficient (Wildman–Crippen LogP) is 3.83. The van der Waals surface area contributed by atoms with Crippen molar-refractivity contribution in [2.45, 2.75) is 13.8 Å². The molecule has 0 saturated carbocycles. The van der Waals surface area contributed by atoms with E-state index in [1.54, 1.807) is 0 Å². The van der Waals surface area contributed by atoms with Gasteiger partial charge in [0.1, 0.15) is 0 Å². The number of Topliss-reactive ketones (excluding diaryl/α,β-unsaturated/α-hetero) is 1. The number of benzene rings is 2. The lowest BCUT2D eigenvalue weighted by molar-refractivity contribution is 0.103. The summed E-state index contributed by atoms with van der Waals surface area (Å²) in [6.45, 7) is 3.93. The third-order valence-corrected chi connectivity index (χ3v) is 3.46. The van der Waals surface area contributed by atoms with Gasteiger partial charge in [0, 0.05) is 16.5 Å². The van der Waals surface area contributed by atoms with Crippen LogP contribution in [0.3, 0.4) is 0 Å². The number of carbonyl (C=O) groups is 1. The lowest BCUT2D eigenvalue weighted by atomic mass is 9.84. The first kappa shape index (κ1) is 9.34. The van der Waals surface area contributed by atoms with Gasteiger partial charge in [0.15, 0.2) is 5.78 Å². The highest BCUT2D eigenvalue weighted by atomic mass is 16.1. The SMILES string of the molecule is CC1=C(C)c2cccc3cccc(c23)C1=O. The van der Waals surface area contributed by atoms with E-state index >= 15 is 0 Å². The Balaban J connectivity index is 2.57. The molecule has 2 aromatic carbocycles. The van der Waals surface area contributed by atoms with E-state index in [-0.39, 0.29) is 5.78 Å². The molecule has 2 aromatic rings. The lowest BCUT2D eigenvalue weighted by Gasteiger charge is -2.18. The van der Waals surface area contributed by atoms with Crippen LogP contribution in [0.15, 0.2) is 42.0 Å². The first-order valence-electron chi connectivity index (χ1n) is 5.44. The van der Waals surface area contributed by atoms with Crippen molar-refractivity contribution in [3.05, 3.63) is 53.1 Å². The Labute approximate surface area is 94.4 Å². The van der Waals surface area contributed by atoms with Crippen LogP contribution in [0.25, 0.3) is 16.3 Å². The van der Waals surface area contributed by atoms with Crippen LogP contribution in [0, 0.1) is 0 Å². The fourth-order valence-electron chi connectivity index (χ4n) is 2.42. The topological polar surface area (TPSA) is 17.1 Å². The van der Waals surface area contributed by atoms with E-state index in [1.165, 1.54) is 5.56 Å². The monoisotopic (exact) mass is 208 g/mol. The van der Waals surface area contributed by atoms with E-state index in [9.17, 15) is 4.79 Å². The van der Waals surface area contributed by atoms with Crippen molar-refractivity contribution in [3.63, 3.8) is 0 Å². The zero-order valence-electron chi connectivity index (χ0n) is 9.37. The van der Waals surface area contributed by atoms with Crippen molar-refractivity contribution >= 4 is 22.1 Å². The van der Waals surface area contributed by atoms with Crippen molar-refractivity contribution < 1.29 is 4.79 Å². The summed E-state index contributed by atoms with van der Waals surface area (Å²) in [6, 6.07) is 12.1. The minimum atomic E-state index is 0.168. The van der Waals surface area contributed by atoms with Gasteiger partial charge in [0.2, 0.25) is 0 Å². The highest BCUT2D eigenvalue weighted by molar-refractivity contribution is 6.24. The number of hydrogen-bond acceptors (Lipinski definition) is 1. The Morgan fingerprint density at radius 1 is 0.812 bits per heavy atom. The van der Waals surface area contributed by atoms with Crippen molar-refractivity contribution in [2.75, 3.05) is 0 Å². The molecule has 1 aliphatic rings. The molecule has 16 heavy (non-hydrogen) atoms. The average molecular weight is 208 g/mol. The normalized spacial score (nSPS) is 14.8. The van der Waals surface area contributed by atoms with Crippen LogP contribution in [-0.4, -0.2) is 5.78 Å².